The first-order valence-corrected chi connectivity index (χ1v) is 4.23. The molecule has 2 nitrogen and oxygen atoms in total. The normalized spacial score (nSPS) is 14.5. The van der Waals surface area contributed by atoms with E-state index in [-0.39, 0.29) is 0 Å². The molecule has 13 heavy (non-hydrogen) atoms. The van der Waals surface area contributed by atoms with Crippen molar-refractivity contribution in [1.29, 1.82) is 5.26 Å². The molecule has 1 aliphatic heterocycles. The lowest BCUT2D eigenvalue weighted by molar-refractivity contribution is 1.05. The van der Waals surface area contributed by atoms with Crippen molar-refractivity contribution in [1.82, 2.24) is 0 Å². The zero-order valence-corrected chi connectivity index (χ0v) is 7.49. The van der Waals surface area contributed by atoms with Gasteiger partial charge in [0, 0.05) is 25.4 Å². The average Bonchev–Trinajstić information content (AvgIpc) is 2.18. The van der Waals surface area contributed by atoms with Gasteiger partial charge in [0.15, 0.2) is 0 Å². The molecule has 1 heterocycles. The average molecular weight is 170 g/mol. The summed E-state index contributed by atoms with van der Waals surface area (Å²) >= 11 is 0. The summed E-state index contributed by atoms with van der Waals surface area (Å²) in [5.41, 5.74) is 3.24. The molecular formula is C11H10N2. The van der Waals surface area contributed by atoms with Gasteiger partial charge >= 0.3 is 0 Å². The number of benzene rings is 1. The van der Waals surface area contributed by atoms with E-state index in [9.17, 15) is 0 Å². The molecule has 0 N–H and O–H groups in total. The van der Waals surface area contributed by atoms with Crippen LogP contribution in [0.4, 0.5) is 5.69 Å². The molecule has 2 rings (SSSR count). The Morgan fingerprint density at radius 3 is 2.92 bits per heavy atom. The van der Waals surface area contributed by atoms with E-state index in [0.717, 1.165) is 12.0 Å². The summed E-state index contributed by atoms with van der Waals surface area (Å²) in [6, 6.07) is 10.4. The predicted octanol–water partition coefficient (Wildman–Crippen LogP) is 2.09. The number of anilines is 1. The summed E-state index contributed by atoms with van der Waals surface area (Å²) in [7, 11) is 1.97. The number of fused-ring (bicyclic) bond motifs is 1. The van der Waals surface area contributed by atoms with Crippen molar-refractivity contribution >= 4 is 5.69 Å². The Labute approximate surface area is 77.7 Å². The Hall–Kier alpha value is -1.75. The van der Waals surface area contributed by atoms with E-state index in [1.54, 1.807) is 0 Å². The maximum absolute atomic E-state index is 8.79. The summed E-state index contributed by atoms with van der Waals surface area (Å²) in [6.07, 6.45) is 2.65. The van der Waals surface area contributed by atoms with Crippen molar-refractivity contribution < 1.29 is 0 Å². The third-order valence-corrected chi connectivity index (χ3v) is 2.25. The highest BCUT2D eigenvalue weighted by atomic mass is 15.1. The predicted molar refractivity (Wildman–Crippen MR) is 52.2 cm³/mol. The van der Waals surface area contributed by atoms with Crippen LogP contribution in [-0.4, -0.2) is 7.05 Å². The maximum Gasteiger partial charge on any atom is 0.0966 e. The minimum absolute atomic E-state index is 0.761. The molecule has 0 saturated heterocycles. The topological polar surface area (TPSA) is 27.0 Å². The summed E-state index contributed by atoms with van der Waals surface area (Å²) in [4.78, 5) is 2.00. The van der Waals surface area contributed by atoms with E-state index in [4.69, 9.17) is 5.26 Å². The van der Waals surface area contributed by atoms with Gasteiger partial charge in [0.25, 0.3) is 0 Å². The largest absolute Gasteiger partial charge is 0.350 e. The monoisotopic (exact) mass is 170 g/mol. The van der Waals surface area contributed by atoms with Gasteiger partial charge in [-0.2, -0.15) is 5.26 Å². The zero-order chi connectivity index (χ0) is 9.26. The minimum Gasteiger partial charge on any atom is -0.350 e. The summed E-state index contributed by atoms with van der Waals surface area (Å²) in [5.74, 6) is 0. The highest BCUT2D eigenvalue weighted by molar-refractivity contribution is 5.61. The number of rotatable bonds is 0. The van der Waals surface area contributed by atoms with Gasteiger partial charge in [0.05, 0.1) is 11.6 Å². The highest BCUT2D eigenvalue weighted by Crippen LogP contribution is 2.26. The summed E-state index contributed by atoms with van der Waals surface area (Å²) in [5, 5.41) is 8.79. The first-order chi connectivity index (χ1) is 6.31. The molecule has 0 bridgehead atoms. The van der Waals surface area contributed by atoms with Gasteiger partial charge in [-0.05, 0) is 11.6 Å². The molecule has 0 amide bonds. The van der Waals surface area contributed by atoms with E-state index < -0.39 is 0 Å². The van der Waals surface area contributed by atoms with Gasteiger partial charge in [-0.25, -0.2) is 0 Å². The van der Waals surface area contributed by atoms with Gasteiger partial charge in [0.1, 0.15) is 0 Å². The molecule has 0 radical (unpaired) electrons. The van der Waals surface area contributed by atoms with Crippen molar-refractivity contribution in [3.8, 4) is 6.07 Å². The van der Waals surface area contributed by atoms with E-state index >= 15 is 0 Å². The molecule has 0 aromatic heterocycles. The second-order valence-corrected chi connectivity index (χ2v) is 3.18. The van der Waals surface area contributed by atoms with E-state index in [1.165, 1.54) is 11.3 Å². The van der Waals surface area contributed by atoms with Crippen LogP contribution < -0.4 is 4.90 Å². The first kappa shape index (κ1) is 7.88. The van der Waals surface area contributed by atoms with Crippen LogP contribution in [0.15, 0.2) is 36.0 Å². The number of para-hydroxylation sites is 1. The van der Waals surface area contributed by atoms with Crippen molar-refractivity contribution in [2.45, 2.75) is 6.42 Å². The smallest absolute Gasteiger partial charge is 0.0966 e. The van der Waals surface area contributed by atoms with Gasteiger partial charge in [0.2, 0.25) is 0 Å². The second kappa shape index (κ2) is 2.95. The second-order valence-electron chi connectivity index (χ2n) is 3.18. The lowest BCUT2D eigenvalue weighted by atomic mass is 10.0. The van der Waals surface area contributed by atoms with Crippen LogP contribution in [0.1, 0.15) is 5.56 Å². The molecule has 0 saturated carbocycles. The summed E-state index contributed by atoms with van der Waals surface area (Å²) in [6.45, 7) is 0. The fourth-order valence-electron chi connectivity index (χ4n) is 1.63. The lowest BCUT2D eigenvalue weighted by Gasteiger charge is -2.23. The number of allylic oxidation sites excluding steroid dienone is 1. The number of hydrogen-bond donors (Lipinski definition) is 0. The van der Waals surface area contributed by atoms with Crippen molar-refractivity contribution in [3.63, 3.8) is 0 Å². The molecular weight excluding hydrogens is 160 g/mol. The maximum atomic E-state index is 8.79. The van der Waals surface area contributed by atoms with Gasteiger partial charge < -0.3 is 4.90 Å². The van der Waals surface area contributed by atoms with Gasteiger partial charge in [-0.1, -0.05) is 18.2 Å². The van der Waals surface area contributed by atoms with E-state index in [1.807, 2.05) is 30.3 Å². The van der Waals surface area contributed by atoms with Crippen LogP contribution in [0.25, 0.3) is 0 Å². The van der Waals surface area contributed by atoms with E-state index in [2.05, 4.69) is 18.2 Å². The Balaban J connectivity index is 2.47. The van der Waals surface area contributed by atoms with Crippen LogP contribution in [0, 0.1) is 11.3 Å². The fraction of sp³-hybridized carbons (Fsp3) is 0.182. The molecule has 1 aromatic carbocycles. The van der Waals surface area contributed by atoms with Crippen LogP contribution in [0.2, 0.25) is 0 Å². The Morgan fingerprint density at radius 1 is 1.38 bits per heavy atom. The highest BCUT2D eigenvalue weighted by Gasteiger charge is 2.13. The summed E-state index contributed by atoms with van der Waals surface area (Å²) < 4.78 is 0. The number of hydrogen-bond acceptors (Lipinski definition) is 2. The fourth-order valence-corrected chi connectivity index (χ4v) is 1.63. The SMILES string of the molecule is CN1C=C(C#N)Cc2ccccc21. The Bertz CT molecular complexity index is 399. The standard InChI is InChI=1S/C11H10N2/c1-13-8-9(7-12)6-10-4-2-3-5-11(10)13/h2-5,8H,6H2,1H3. The molecule has 0 atom stereocenters. The lowest BCUT2D eigenvalue weighted by Crippen LogP contribution is -2.16. The molecule has 1 aromatic rings. The third-order valence-electron chi connectivity index (χ3n) is 2.25. The number of nitriles is 1. The molecule has 0 spiro atoms. The molecule has 2 heteroatoms. The van der Waals surface area contributed by atoms with Gasteiger partial charge in [-0.15, -0.1) is 0 Å². The third kappa shape index (κ3) is 1.29. The van der Waals surface area contributed by atoms with Crippen molar-refractivity contribution in [2.75, 3.05) is 11.9 Å². The zero-order valence-electron chi connectivity index (χ0n) is 7.49. The minimum atomic E-state index is 0.761. The molecule has 0 aliphatic carbocycles. The molecule has 0 unspecified atom stereocenters. The molecule has 1 aliphatic rings. The van der Waals surface area contributed by atoms with Crippen LogP contribution >= 0.6 is 0 Å². The van der Waals surface area contributed by atoms with Crippen LogP contribution in [-0.2, 0) is 6.42 Å². The Kier molecular flexibility index (Phi) is 1.79. The molecule has 0 fully saturated rings. The Morgan fingerprint density at radius 2 is 2.15 bits per heavy atom. The molecule has 64 valence electrons. The number of nitrogens with zero attached hydrogens (tertiary/aromatic N) is 2. The van der Waals surface area contributed by atoms with Crippen molar-refractivity contribution in [2.24, 2.45) is 0 Å². The van der Waals surface area contributed by atoms with Crippen LogP contribution in [0.5, 0.6) is 0 Å². The quantitative estimate of drug-likeness (QED) is 0.596. The first-order valence-electron chi connectivity index (χ1n) is 4.23. The van der Waals surface area contributed by atoms with Gasteiger partial charge in [-0.3, -0.25) is 0 Å². The van der Waals surface area contributed by atoms with Crippen molar-refractivity contribution in [3.05, 3.63) is 41.6 Å². The van der Waals surface area contributed by atoms with Crippen LogP contribution in [0.3, 0.4) is 0 Å². The van der Waals surface area contributed by atoms with E-state index in [0.29, 0.717) is 0 Å².